The fourth-order valence-corrected chi connectivity index (χ4v) is 1.72. The minimum absolute atomic E-state index is 0.110. The fourth-order valence-electron chi connectivity index (χ4n) is 1.21. The van der Waals surface area contributed by atoms with E-state index in [9.17, 15) is 4.79 Å². The number of nitrogens with one attached hydrogen (secondary N) is 1. The van der Waals surface area contributed by atoms with Crippen LogP contribution in [0.25, 0.3) is 0 Å². The number of hydrogen-bond acceptors (Lipinski definition) is 2. The van der Waals surface area contributed by atoms with Gasteiger partial charge in [-0.15, -0.1) is 0 Å². The van der Waals surface area contributed by atoms with Gasteiger partial charge in [0.15, 0.2) is 12.4 Å². The van der Waals surface area contributed by atoms with Gasteiger partial charge in [0, 0.05) is 5.54 Å². The Morgan fingerprint density at radius 2 is 1.82 bits per heavy atom. The SMILES string of the molecule is CC(C)(C)NC(=O)COc1c(Cl)cccc1Cl. The molecule has 1 aromatic rings. The standard InChI is InChI=1S/C12H15Cl2NO2/c1-12(2,3)15-10(16)7-17-11-8(13)5-4-6-9(11)14/h4-6H,7H2,1-3H3,(H,15,16). The van der Waals surface area contributed by atoms with Gasteiger partial charge in [-0.1, -0.05) is 29.3 Å². The van der Waals surface area contributed by atoms with Gasteiger partial charge in [0.05, 0.1) is 10.0 Å². The number of para-hydroxylation sites is 1. The van der Waals surface area contributed by atoms with E-state index in [4.69, 9.17) is 27.9 Å². The topological polar surface area (TPSA) is 38.3 Å². The Morgan fingerprint density at radius 1 is 1.29 bits per heavy atom. The lowest BCUT2D eigenvalue weighted by atomic mass is 10.1. The summed E-state index contributed by atoms with van der Waals surface area (Å²) in [6, 6.07) is 5.03. The molecular formula is C12H15Cl2NO2. The molecule has 0 saturated heterocycles. The molecule has 0 atom stereocenters. The number of halogens is 2. The highest BCUT2D eigenvalue weighted by atomic mass is 35.5. The molecule has 5 heteroatoms. The van der Waals surface area contributed by atoms with Crippen molar-refractivity contribution in [1.82, 2.24) is 5.32 Å². The highest BCUT2D eigenvalue weighted by Gasteiger charge is 2.15. The Balaban J connectivity index is 2.59. The molecule has 3 nitrogen and oxygen atoms in total. The second-order valence-electron chi connectivity index (χ2n) is 4.64. The van der Waals surface area contributed by atoms with Crippen LogP contribution in [0.3, 0.4) is 0 Å². The summed E-state index contributed by atoms with van der Waals surface area (Å²) in [6.07, 6.45) is 0. The molecule has 0 fully saturated rings. The van der Waals surface area contributed by atoms with Crippen molar-refractivity contribution >= 4 is 29.1 Å². The first kappa shape index (κ1) is 14.1. The first-order chi connectivity index (χ1) is 7.79. The first-order valence-corrected chi connectivity index (χ1v) is 5.93. The van der Waals surface area contributed by atoms with E-state index in [-0.39, 0.29) is 18.1 Å². The van der Waals surface area contributed by atoms with Crippen LogP contribution in [0.2, 0.25) is 10.0 Å². The number of carbonyl (C=O) groups is 1. The molecule has 0 aromatic heterocycles. The minimum Gasteiger partial charge on any atom is -0.481 e. The number of ether oxygens (including phenoxy) is 1. The highest BCUT2D eigenvalue weighted by molar-refractivity contribution is 6.37. The van der Waals surface area contributed by atoms with Crippen LogP contribution in [0.5, 0.6) is 5.75 Å². The van der Waals surface area contributed by atoms with Crippen molar-refractivity contribution in [1.29, 1.82) is 0 Å². The molecule has 0 bridgehead atoms. The summed E-state index contributed by atoms with van der Waals surface area (Å²) in [4.78, 5) is 11.5. The predicted octanol–water partition coefficient (Wildman–Crippen LogP) is 3.29. The lowest BCUT2D eigenvalue weighted by Gasteiger charge is -2.20. The van der Waals surface area contributed by atoms with E-state index in [1.54, 1.807) is 18.2 Å². The highest BCUT2D eigenvalue weighted by Crippen LogP contribution is 2.32. The van der Waals surface area contributed by atoms with E-state index in [1.807, 2.05) is 20.8 Å². The molecule has 94 valence electrons. The summed E-state index contributed by atoms with van der Waals surface area (Å²) in [5, 5.41) is 3.56. The fraction of sp³-hybridized carbons (Fsp3) is 0.417. The molecule has 0 radical (unpaired) electrons. The first-order valence-electron chi connectivity index (χ1n) is 5.17. The van der Waals surface area contributed by atoms with Crippen LogP contribution < -0.4 is 10.1 Å². The molecule has 17 heavy (non-hydrogen) atoms. The smallest absolute Gasteiger partial charge is 0.258 e. The van der Waals surface area contributed by atoms with Crippen molar-refractivity contribution < 1.29 is 9.53 Å². The van der Waals surface area contributed by atoms with Crippen molar-refractivity contribution in [2.75, 3.05) is 6.61 Å². The molecule has 0 heterocycles. The number of carbonyl (C=O) groups excluding carboxylic acids is 1. The minimum atomic E-state index is -0.287. The Labute approximate surface area is 111 Å². The quantitative estimate of drug-likeness (QED) is 0.920. The zero-order chi connectivity index (χ0) is 13.1. The summed E-state index contributed by atoms with van der Waals surface area (Å²) in [5.41, 5.74) is -0.287. The van der Waals surface area contributed by atoms with E-state index < -0.39 is 0 Å². The van der Waals surface area contributed by atoms with Crippen LogP contribution in [0, 0.1) is 0 Å². The van der Waals surface area contributed by atoms with Crippen molar-refractivity contribution in [2.45, 2.75) is 26.3 Å². The second kappa shape index (κ2) is 5.61. The average molecular weight is 276 g/mol. The zero-order valence-electron chi connectivity index (χ0n) is 10.0. The Hall–Kier alpha value is -0.930. The van der Waals surface area contributed by atoms with Crippen molar-refractivity contribution in [3.05, 3.63) is 28.2 Å². The number of benzene rings is 1. The molecule has 0 aliphatic heterocycles. The van der Waals surface area contributed by atoms with Crippen molar-refractivity contribution in [3.63, 3.8) is 0 Å². The van der Waals surface area contributed by atoms with E-state index >= 15 is 0 Å². The molecule has 0 aliphatic rings. The van der Waals surface area contributed by atoms with Crippen LogP contribution in [0.4, 0.5) is 0 Å². The zero-order valence-corrected chi connectivity index (χ0v) is 11.5. The summed E-state index contributed by atoms with van der Waals surface area (Å²) in [6.45, 7) is 5.58. The average Bonchev–Trinajstić information content (AvgIpc) is 2.14. The van der Waals surface area contributed by atoms with Crippen molar-refractivity contribution in [2.24, 2.45) is 0 Å². The third-order valence-electron chi connectivity index (χ3n) is 1.78. The lowest BCUT2D eigenvalue weighted by Crippen LogP contribution is -2.43. The largest absolute Gasteiger partial charge is 0.481 e. The van der Waals surface area contributed by atoms with Gasteiger partial charge in [0.25, 0.3) is 5.91 Å². The van der Waals surface area contributed by atoms with Crippen LogP contribution in [0.1, 0.15) is 20.8 Å². The van der Waals surface area contributed by atoms with Gasteiger partial charge >= 0.3 is 0 Å². The molecular weight excluding hydrogens is 261 g/mol. The van der Waals surface area contributed by atoms with Gasteiger partial charge in [-0.3, -0.25) is 4.79 Å². The van der Waals surface area contributed by atoms with Gasteiger partial charge in [-0.2, -0.15) is 0 Å². The van der Waals surface area contributed by atoms with Gasteiger partial charge < -0.3 is 10.1 Å². The van der Waals surface area contributed by atoms with E-state index in [0.29, 0.717) is 15.8 Å². The molecule has 1 amide bonds. The monoisotopic (exact) mass is 275 g/mol. The maximum Gasteiger partial charge on any atom is 0.258 e. The maximum atomic E-state index is 11.5. The van der Waals surface area contributed by atoms with Crippen LogP contribution in [-0.2, 0) is 4.79 Å². The summed E-state index contributed by atoms with van der Waals surface area (Å²) in [7, 11) is 0. The third kappa shape index (κ3) is 4.84. The molecule has 1 rings (SSSR count). The summed E-state index contributed by atoms with van der Waals surface area (Å²) in [5.74, 6) is 0.119. The summed E-state index contributed by atoms with van der Waals surface area (Å²) >= 11 is 11.8. The molecule has 1 aromatic carbocycles. The molecule has 1 N–H and O–H groups in total. The van der Waals surface area contributed by atoms with E-state index in [2.05, 4.69) is 5.32 Å². The normalized spacial score (nSPS) is 11.1. The van der Waals surface area contributed by atoms with E-state index in [1.165, 1.54) is 0 Å². The van der Waals surface area contributed by atoms with Gasteiger partial charge in [-0.05, 0) is 32.9 Å². The molecule has 0 unspecified atom stereocenters. The van der Waals surface area contributed by atoms with Crippen LogP contribution in [0.15, 0.2) is 18.2 Å². The predicted molar refractivity (Wildman–Crippen MR) is 69.9 cm³/mol. The number of rotatable bonds is 3. The Morgan fingerprint density at radius 3 is 2.29 bits per heavy atom. The molecule has 0 saturated carbocycles. The third-order valence-corrected chi connectivity index (χ3v) is 2.38. The maximum absolute atomic E-state index is 11.5. The second-order valence-corrected chi connectivity index (χ2v) is 5.45. The summed E-state index contributed by atoms with van der Waals surface area (Å²) < 4.78 is 5.30. The molecule has 0 aliphatic carbocycles. The lowest BCUT2D eigenvalue weighted by molar-refractivity contribution is -0.124. The van der Waals surface area contributed by atoms with Gasteiger partial charge in [-0.25, -0.2) is 0 Å². The van der Waals surface area contributed by atoms with Crippen molar-refractivity contribution in [3.8, 4) is 5.75 Å². The van der Waals surface area contributed by atoms with Gasteiger partial charge in [0.2, 0.25) is 0 Å². The van der Waals surface area contributed by atoms with Crippen LogP contribution >= 0.6 is 23.2 Å². The Kier molecular flexibility index (Phi) is 4.66. The number of amides is 1. The Bertz CT molecular complexity index is 393. The van der Waals surface area contributed by atoms with Crippen LogP contribution in [-0.4, -0.2) is 18.1 Å². The number of hydrogen-bond donors (Lipinski definition) is 1. The van der Waals surface area contributed by atoms with Gasteiger partial charge in [0.1, 0.15) is 0 Å². The molecule has 0 spiro atoms. The van der Waals surface area contributed by atoms with E-state index in [0.717, 1.165) is 0 Å².